The molecule has 1 aromatic heterocycles. The third kappa shape index (κ3) is 2.06. The molecule has 3 heterocycles. The molecule has 2 aromatic carbocycles. The molecular weight excluding hydrogens is 283 g/mol. The fraction of sp³-hybridized carbons (Fsp3) is 0.263. The molecule has 2 atom stereocenters. The molecule has 3 aromatic rings. The fourth-order valence-electron chi connectivity index (χ4n) is 4.04. The summed E-state index contributed by atoms with van der Waals surface area (Å²) >= 11 is 0. The Hall–Kier alpha value is -2.04. The minimum absolute atomic E-state index is 0.337. The average molecular weight is 300 g/mol. The van der Waals surface area contributed by atoms with Gasteiger partial charge in [-0.15, -0.1) is 0 Å². The topological polar surface area (TPSA) is 17.4 Å². The molecule has 2 aliphatic rings. The highest BCUT2D eigenvalue weighted by atomic mass is 16.7. The van der Waals surface area contributed by atoms with E-state index in [1.165, 1.54) is 22.2 Å². The van der Waals surface area contributed by atoms with Gasteiger partial charge in [0.15, 0.2) is 0 Å². The highest BCUT2D eigenvalue weighted by molar-refractivity contribution is 6.33. The third-order valence-corrected chi connectivity index (χ3v) is 5.07. The monoisotopic (exact) mass is 300 g/mol. The van der Waals surface area contributed by atoms with Gasteiger partial charge in [-0.1, -0.05) is 47.9 Å². The average Bonchev–Trinajstić information content (AvgIpc) is 3.19. The summed E-state index contributed by atoms with van der Waals surface area (Å²) in [6.07, 6.45) is 0. The Morgan fingerprint density at radius 3 is 2.83 bits per heavy atom. The fourth-order valence-corrected chi connectivity index (χ4v) is 4.04. The summed E-state index contributed by atoms with van der Waals surface area (Å²) in [4.78, 5) is 6.00. The molecule has 5 rings (SSSR count). The number of aromatic nitrogens is 1. The Morgan fingerprint density at radius 1 is 1.09 bits per heavy atom. The maximum Gasteiger partial charge on any atom is 0.113 e. The van der Waals surface area contributed by atoms with Crippen LogP contribution in [-0.2, 0) is 17.9 Å². The van der Waals surface area contributed by atoms with Crippen molar-refractivity contribution in [3.05, 3.63) is 65.9 Å². The first kappa shape index (κ1) is 13.4. The summed E-state index contributed by atoms with van der Waals surface area (Å²) in [5, 5.41) is 3.38. The molecule has 112 valence electrons. The first-order chi connectivity index (χ1) is 11.3. The minimum Gasteiger partial charge on any atom is -0.343 e. The second kappa shape index (κ2) is 4.98. The van der Waals surface area contributed by atoms with Gasteiger partial charge in [-0.2, -0.15) is 5.06 Å². The smallest absolute Gasteiger partial charge is 0.113 e. The lowest BCUT2D eigenvalue weighted by molar-refractivity contribution is -0.141. The van der Waals surface area contributed by atoms with Crippen molar-refractivity contribution < 1.29 is 4.84 Å². The van der Waals surface area contributed by atoms with Crippen molar-refractivity contribution in [1.29, 1.82) is 0 Å². The third-order valence-electron chi connectivity index (χ3n) is 5.07. The van der Waals surface area contributed by atoms with Crippen LogP contribution in [0.5, 0.6) is 0 Å². The van der Waals surface area contributed by atoms with E-state index >= 15 is 0 Å². The van der Waals surface area contributed by atoms with E-state index in [-0.39, 0.29) is 0 Å². The first-order valence-electron chi connectivity index (χ1n) is 8.12. The van der Waals surface area contributed by atoms with E-state index in [2.05, 4.69) is 58.2 Å². The lowest BCUT2D eigenvalue weighted by atomic mass is 9.94. The van der Waals surface area contributed by atoms with Crippen LogP contribution in [0.15, 0.2) is 54.6 Å². The largest absolute Gasteiger partial charge is 0.343 e. The SMILES string of the molecule is [B]c1ccc2c(c1)cc1n2C[C@H]2CON(Cc3ccccc3)[C@@H]12. The van der Waals surface area contributed by atoms with Gasteiger partial charge >= 0.3 is 0 Å². The van der Waals surface area contributed by atoms with Crippen molar-refractivity contribution in [1.82, 2.24) is 9.63 Å². The van der Waals surface area contributed by atoms with Gasteiger partial charge in [-0.3, -0.25) is 4.84 Å². The van der Waals surface area contributed by atoms with Crippen LogP contribution in [0.4, 0.5) is 0 Å². The number of nitrogens with zero attached hydrogens (tertiary/aromatic N) is 2. The molecule has 0 amide bonds. The molecule has 0 bridgehead atoms. The number of fused-ring (bicyclic) bond motifs is 5. The van der Waals surface area contributed by atoms with Gasteiger partial charge in [0.2, 0.25) is 0 Å². The molecule has 0 unspecified atom stereocenters. The van der Waals surface area contributed by atoms with Crippen LogP contribution in [0, 0.1) is 5.92 Å². The lowest BCUT2D eigenvalue weighted by Gasteiger charge is -2.21. The van der Waals surface area contributed by atoms with E-state index in [0.717, 1.165) is 25.2 Å². The van der Waals surface area contributed by atoms with Crippen molar-refractivity contribution in [2.75, 3.05) is 6.61 Å². The van der Waals surface area contributed by atoms with Crippen molar-refractivity contribution in [3.8, 4) is 0 Å². The Morgan fingerprint density at radius 2 is 1.96 bits per heavy atom. The Labute approximate surface area is 136 Å². The zero-order valence-electron chi connectivity index (χ0n) is 12.9. The van der Waals surface area contributed by atoms with E-state index < -0.39 is 0 Å². The van der Waals surface area contributed by atoms with Gasteiger partial charge in [0.1, 0.15) is 7.85 Å². The summed E-state index contributed by atoms with van der Waals surface area (Å²) in [5.41, 5.74) is 4.74. The van der Waals surface area contributed by atoms with Crippen molar-refractivity contribution >= 4 is 24.2 Å². The first-order valence-corrected chi connectivity index (χ1v) is 8.12. The van der Waals surface area contributed by atoms with E-state index in [1.807, 2.05) is 6.07 Å². The van der Waals surface area contributed by atoms with Crippen LogP contribution in [-0.4, -0.2) is 24.1 Å². The van der Waals surface area contributed by atoms with Crippen LogP contribution in [0.2, 0.25) is 0 Å². The Balaban J connectivity index is 1.53. The molecule has 0 aliphatic carbocycles. The van der Waals surface area contributed by atoms with Crippen molar-refractivity contribution in [2.45, 2.75) is 19.1 Å². The Kier molecular flexibility index (Phi) is 2.90. The lowest BCUT2D eigenvalue weighted by Crippen LogP contribution is -2.22. The highest BCUT2D eigenvalue weighted by Crippen LogP contribution is 2.44. The van der Waals surface area contributed by atoms with Gasteiger partial charge in [0.05, 0.1) is 12.6 Å². The standard InChI is InChI=1S/C19H17BN2O/c20-16-6-7-17-14(8-16)9-18-19-15(11-21(17)18)12-23-22(19)10-13-4-2-1-3-5-13/h1-9,15,19H,10-12H2/t15-,19+/m0/s1. The molecule has 3 nitrogen and oxygen atoms in total. The van der Waals surface area contributed by atoms with Crippen LogP contribution >= 0.6 is 0 Å². The molecule has 1 fully saturated rings. The number of hydrogen-bond acceptors (Lipinski definition) is 2. The van der Waals surface area contributed by atoms with Crippen LogP contribution in [0.3, 0.4) is 0 Å². The maximum atomic E-state index is 6.00. The molecule has 4 heteroatoms. The quantitative estimate of drug-likeness (QED) is 0.677. The molecule has 0 N–H and O–H groups in total. The van der Waals surface area contributed by atoms with E-state index in [0.29, 0.717) is 12.0 Å². The maximum absolute atomic E-state index is 6.00. The zero-order valence-corrected chi connectivity index (χ0v) is 12.9. The number of benzene rings is 2. The molecule has 2 aliphatic heterocycles. The second-order valence-corrected chi connectivity index (χ2v) is 6.56. The number of hydrogen-bond donors (Lipinski definition) is 0. The molecular formula is C19H17BN2O. The van der Waals surface area contributed by atoms with Gasteiger partial charge in [0.25, 0.3) is 0 Å². The van der Waals surface area contributed by atoms with Crippen LogP contribution in [0.1, 0.15) is 17.3 Å². The second-order valence-electron chi connectivity index (χ2n) is 6.56. The van der Waals surface area contributed by atoms with Crippen LogP contribution < -0.4 is 5.46 Å². The summed E-state index contributed by atoms with van der Waals surface area (Å²) in [6, 6.07) is 19.3. The molecule has 1 saturated heterocycles. The predicted octanol–water partition coefficient (Wildman–Crippen LogP) is 2.55. The van der Waals surface area contributed by atoms with E-state index in [9.17, 15) is 0 Å². The summed E-state index contributed by atoms with van der Waals surface area (Å²) < 4.78 is 2.44. The normalized spacial score (nSPS) is 23.3. The van der Waals surface area contributed by atoms with E-state index in [4.69, 9.17) is 12.7 Å². The zero-order chi connectivity index (χ0) is 15.4. The summed E-state index contributed by atoms with van der Waals surface area (Å²) in [7, 11) is 5.93. The molecule has 2 radical (unpaired) electrons. The molecule has 23 heavy (non-hydrogen) atoms. The highest BCUT2D eigenvalue weighted by Gasteiger charge is 2.43. The summed E-state index contributed by atoms with van der Waals surface area (Å²) in [6.45, 7) is 2.65. The molecule has 0 saturated carbocycles. The minimum atomic E-state index is 0.337. The van der Waals surface area contributed by atoms with Crippen LogP contribution in [0.25, 0.3) is 10.9 Å². The van der Waals surface area contributed by atoms with Crippen molar-refractivity contribution in [2.24, 2.45) is 5.92 Å². The van der Waals surface area contributed by atoms with Gasteiger partial charge in [-0.05, 0) is 23.1 Å². The van der Waals surface area contributed by atoms with Gasteiger partial charge in [-0.25, -0.2) is 0 Å². The van der Waals surface area contributed by atoms with Crippen molar-refractivity contribution in [3.63, 3.8) is 0 Å². The molecule has 0 spiro atoms. The number of rotatable bonds is 2. The van der Waals surface area contributed by atoms with Gasteiger partial charge < -0.3 is 4.57 Å². The predicted molar refractivity (Wildman–Crippen MR) is 91.5 cm³/mol. The van der Waals surface area contributed by atoms with E-state index in [1.54, 1.807) is 0 Å². The van der Waals surface area contributed by atoms with Gasteiger partial charge in [0, 0.05) is 30.2 Å². The Bertz CT molecular complexity index is 874. The summed E-state index contributed by atoms with van der Waals surface area (Å²) in [5.74, 6) is 0.538. The number of hydroxylamine groups is 2.